The summed E-state index contributed by atoms with van der Waals surface area (Å²) < 4.78 is 11.1. The Morgan fingerprint density at radius 1 is 1.50 bits per heavy atom. The van der Waals surface area contributed by atoms with Gasteiger partial charge in [0.25, 0.3) is 0 Å². The maximum atomic E-state index is 11.9. The molecule has 0 bridgehead atoms. The van der Waals surface area contributed by atoms with Crippen LogP contribution in [0.2, 0.25) is 0 Å². The molecule has 1 spiro atoms. The Hall–Kier alpha value is -0.610. The molecule has 0 radical (unpaired) electrons. The highest BCUT2D eigenvalue weighted by molar-refractivity contribution is 5.79. The first kappa shape index (κ1) is 13.8. The van der Waals surface area contributed by atoms with Crippen LogP contribution in [0.1, 0.15) is 33.1 Å². The van der Waals surface area contributed by atoms with Crippen molar-refractivity contribution in [1.82, 2.24) is 4.90 Å². The number of nitrogens with zero attached hydrogens (tertiary/aromatic N) is 1. The van der Waals surface area contributed by atoms with Gasteiger partial charge in [-0.05, 0) is 25.2 Å². The molecule has 0 aromatic heterocycles. The van der Waals surface area contributed by atoms with Crippen LogP contribution in [0.15, 0.2) is 0 Å². The quantitative estimate of drug-likeness (QED) is 0.767. The van der Waals surface area contributed by atoms with Crippen molar-refractivity contribution in [3.05, 3.63) is 0 Å². The summed E-state index contributed by atoms with van der Waals surface area (Å²) in [5.41, 5.74) is -0.0405. The van der Waals surface area contributed by atoms with E-state index in [-0.39, 0.29) is 17.4 Å². The second-order valence-corrected chi connectivity index (χ2v) is 6.02. The molecule has 2 heterocycles. The molecule has 2 saturated heterocycles. The van der Waals surface area contributed by atoms with Crippen LogP contribution in [0.4, 0.5) is 0 Å². The van der Waals surface area contributed by atoms with Crippen LogP contribution in [-0.2, 0) is 14.3 Å². The van der Waals surface area contributed by atoms with Gasteiger partial charge in [-0.1, -0.05) is 13.8 Å². The molecule has 104 valence electrons. The van der Waals surface area contributed by atoms with Gasteiger partial charge in [0.2, 0.25) is 5.91 Å². The molecule has 2 aliphatic heterocycles. The molecule has 0 aromatic rings. The van der Waals surface area contributed by atoms with Gasteiger partial charge in [-0.2, -0.15) is 0 Å². The fourth-order valence-electron chi connectivity index (χ4n) is 3.05. The summed E-state index contributed by atoms with van der Waals surface area (Å²) in [7, 11) is 1.75. The zero-order chi connectivity index (χ0) is 13.2. The Labute approximate surface area is 110 Å². The van der Waals surface area contributed by atoms with Gasteiger partial charge in [0, 0.05) is 26.2 Å². The summed E-state index contributed by atoms with van der Waals surface area (Å²) in [6.45, 7) is 7.14. The van der Waals surface area contributed by atoms with E-state index < -0.39 is 0 Å². The second kappa shape index (κ2) is 5.57. The highest BCUT2D eigenvalue weighted by Gasteiger charge is 2.49. The standard InChI is InChI=1S/C14H25NO3/c1-11(2)13(16)15-9-14(10-15)8-12(4-6-17-3)5-7-18-14/h11-12H,4-10H2,1-3H3/t12-/m1/s1. The van der Waals surface area contributed by atoms with Gasteiger partial charge in [-0.15, -0.1) is 0 Å². The monoisotopic (exact) mass is 255 g/mol. The van der Waals surface area contributed by atoms with E-state index in [1.165, 1.54) is 0 Å². The third kappa shape index (κ3) is 2.86. The molecule has 0 aromatic carbocycles. The number of carbonyl (C=O) groups excluding carboxylic acids is 1. The van der Waals surface area contributed by atoms with Crippen molar-refractivity contribution in [2.24, 2.45) is 11.8 Å². The van der Waals surface area contributed by atoms with Gasteiger partial charge < -0.3 is 14.4 Å². The van der Waals surface area contributed by atoms with E-state index in [1.807, 2.05) is 18.7 Å². The number of methoxy groups -OCH3 is 1. The van der Waals surface area contributed by atoms with Crippen molar-refractivity contribution >= 4 is 5.91 Å². The van der Waals surface area contributed by atoms with Crippen LogP contribution < -0.4 is 0 Å². The average molecular weight is 255 g/mol. The van der Waals surface area contributed by atoms with Crippen LogP contribution >= 0.6 is 0 Å². The minimum Gasteiger partial charge on any atom is -0.385 e. The van der Waals surface area contributed by atoms with Gasteiger partial charge in [0.15, 0.2) is 0 Å². The summed E-state index contributed by atoms with van der Waals surface area (Å²) in [6.07, 6.45) is 3.32. The van der Waals surface area contributed by atoms with E-state index in [1.54, 1.807) is 7.11 Å². The van der Waals surface area contributed by atoms with Gasteiger partial charge in [-0.25, -0.2) is 0 Å². The first-order valence-electron chi connectivity index (χ1n) is 6.98. The Kier molecular flexibility index (Phi) is 4.28. The Morgan fingerprint density at radius 2 is 2.22 bits per heavy atom. The summed E-state index contributed by atoms with van der Waals surface area (Å²) in [6, 6.07) is 0. The fraction of sp³-hybridized carbons (Fsp3) is 0.929. The lowest BCUT2D eigenvalue weighted by atomic mass is 9.79. The molecule has 2 rings (SSSR count). The van der Waals surface area contributed by atoms with Crippen LogP contribution in [0.5, 0.6) is 0 Å². The van der Waals surface area contributed by atoms with Crippen molar-refractivity contribution in [3.8, 4) is 0 Å². The zero-order valence-electron chi connectivity index (χ0n) is 11.8. The lowest BCUT2D eigenvalue weighted by Gasteiger charge is -2.53. The molecular formula is C14H25NO3. The van der Waals surface area contributed by atoms with Crippen LogP contribution in [0.3, 0.4) is 0 Å². The van der Waals surface area contributed by atoms with Crippen LogP contribution in [0, 0.1) is 11.8 Å². The van der Waals surface area contributed by atoms with E-state index in [4.69, 9.17) is 9.47 Å². The minimum absolute atomic E-state index is 0.0405. The number of hydrogen-bond acceptors (Lipinski definition) is 3. The molecule has 0 saturated carbocycles. The van der Waals surface area contributed by atoms with E-state index in [9.17, 15) is 4.79 Å². The summed E-state index contributed by atoms with van der Waals surface area (Å²) >= 11 is 0. The first-order chi connectivity index (χ1) is 8.56. The summed E-state index contributed by atoms with van der Waals surface area (Å²) in [5.74, 6) is 1.04. The van der Waals surface area contributed by atoms with Crippen molar-refractivity contribution in [2.75, 3.05) is 33.4 Å². The van der Waals surface area contributed by atoms with Crippen molar-refractivity contribution in [3.63, 3.8) is 0 Å². The van der Waals surface area contributed by atoms with E-state index in [0.717, 1.165) is 45.6 Å². The van der Waals surface area contributed by atoms with E-state index >= 15 is 0 Å². The predicted molar refractivity (Wildman–Crippen MR) is 69.3 cm³/mol. The SMILES string of the molecule is COCC[C@@H]1CCOC2(C1)CN(C(=O)C(C)C)C2. The summed E-state index contributed by atoms with van der Waals surface area (Å²) in [5, 5.41) is 0. The number of rotatable bonds is 4. The number of ether oxygens (including phenoxy) is 2. The van der Waals surface area contributed by atoms with Gasteiger partial charge >= 0.3 is 0 Å². The molecule has 0 unspecified atom stereocenters. The normalized spacial score (nSPS) is 26.4. The number of likely N-dealkylation sites (tertiary alicyclic amines) is 1. The maximum absolute atomic E-state index is 11.9. The lowest BCUT2D eigenvalue weighted by molar-refractivity contribution is -0.191. The number of amides is 1. The van der Waals surface area contributed by atoms with Gasteiger partial charge in [0.05, 0.1) is 13.1 Å². The Bertz CT molecular complexity index is 297. The predicted octanol–water partition coefficient (Wildman–Crippen LogP) is 1.69. The van der Waals surface area contributed by atoms with Crippen molar-refractivity contribution < 1.29 is 14.3 Å². The van der Waals surface area contributed by atoms with Crippen LogP contribution in [-0.4, -0.2) is 49.8 Å². The molecule has 1 atom stereocenters. The van der Waals surface area contributed by atoms with Crippen molar-refractivity contribution in [2.45, 2.75) is 38.7 Å². The maximum Gasteiger partial charge on any atom is 0.225 e. The number of hydrogen-bond donors (Lipinski definition) is 0. The molecule has 0 aliphatic carbocycles. The van der Waals surface area contributed by atoms with Crippen LogP contribution in [0.25, 0.3) is 0 Å². The molecule has 2 aliphatic rings. The first-order valence-corrected chi connectivity index (χ1v) is 6.98. The molecule has 1 amide bonds. The molecule has 4 nitrogen and oxygen atoms in total. The molecule has 2 fully saturated rings. The third-order valence-electron chi connectivity index (χ3n) is 4.09. The lowest BCUT2D eigenvalue weighted by Crippen LogP contribution is -2.67. The minimum atomic E-state index is -0.0405. The smallest absolute Gasteiger partial charge is 0.225 e. The van der Waals surface area contributed by atoms with Gasteiger partial charge in [-0.3, -0.25) is 4.79 Å². The second-order valence-electron chi connectivity index (χ2n) is 6.02. The highest BCUT2D eigenvalue weighted by atomic mass is 16.5. The average Bonchev–Trinajstić information content (AvgIpc) is 2.32. The Morgan fingerprint density at radius 3 is 2.83 bits per heavy atom. The largest absolute Gasteiger partial charge is 0.385 e. The molecule has 18 heavy (non-hydrogen) atoms. The number of carbonyl (C=O) groups is 1. The third-order valence-corrected chi connectivity index (χ3v) is 4.09. The molecule has 4 heteroatoms. The van der Waals surface area contributed by atoms with Crippen molar-refractivity contribution in [1.29, 1.82) is 0 Å². The Balaban J connectivity index is 1.82. The van der Waals surface area contributed by atoms with E-state index in [0.29, 0.717) is 5.92 Å². The molecular weight excluding hydrogens is 230 g/mol. The fourth-order valence-corrected chi connectivity index (χ4v) is 3.05. The summed E-state index contributed by atoms with van der Waals surface area (Å²) in [4.78, 5) is 13.8. The van der Waals surface area contributed by atoms with Gasteiger partial charge in [0.1, 0.15) is 5.60 Å². The van der Waals surface area contributed by atoms with E-state index in [2.05, 4.69) is 0 Å². The highest BCUT2D eigenvalue weighted by Crippen LogP contribution is 2.38. The zero-order valence-corrected chi connectivity index (χ0v) is 11.8. The topological polar surface area (TPSA) is 38.8 Å². The molecule has 0 N–H and O–H groups in total.